The van der Waals surface area contributed by atoms with E-state index in [4.69, 9.17) is 4.43 Å². The van der Waals surface area contributed by atoms with E-state index in [9.17, 15) is 0 Å². The van der Waals surface area contributed by atoms with E-state index in [0.717, 1.165) is 0 Å². The average molecular weight is 352 g/mol. The van der Waals surface area contributed by atoms with Crippen molar-refractivity contribution in [1.82, 2.24) is 0 Å². The lowest BCUT2D eigenvalue weighted by Crippen LogP contribution is -2.36. The highest BCUT2D eigenvalue weighted by atomic mass is 127. The van der Waals surface area contributed by atoms with Crippen LogP contribution in [0.1, 0.15) is 17.2 Å². The van der Waals surface area contributed by atoms with Crippen LogP contribution in [0.15, 0.2) is 54.6 Å². The minimum Gasteiger partial charge on any atom is -0.392 e. The molecule has 2 unspecified atom stereocenters. The molecule has 2 atom stereocenters. The molecule has 1 aliphatic heterocycles. The van der Waals surface area contributed by atoms with Crippen LogP contribution in [0.3, 0.4) is 0 Å². The molecule has 0 N–H and O–H groups in total. The molecule has 0 aliphatic carbocycles. The van der Waals surface area contributed by atoms with Gasteiger partial charge in [0.1, 0.15) is 0 Å². The van der Waals surface area contributed by atoms with Gasteiger partial charge in [0.2, 0.25) is 0 Å². The van der Waals surface area contributed by atoms with Crippen molar-refractivity contribution < 1.29 is 4.43 Å². The van der Waals surface area contributed by atoms with E-state index in [1.807, 2.05) is 6.07 Å². The van der Waals surface area contributed by atoms with Crippen LogP contribution in [0.2, 0.25) is 6.55 Å². The molecule has 1 heterocycles. The highest BCUT2D eigenvalue weighted by Crippen LogP contribution is 2.37. The van der Waals surface area contributed by atoms with Crippen molar-refractivity contribution in [2.75, 3.05) is 0 Å². The molecular formula is C14H13IOSi. The van der Waals surface area contributed by atoms with E-state index in [-0.39, 0.29) is 6.10 Å². The summed E-state index contributed by atoms with van der Waals surface area (Å²) in [6.45, 7) is 2.26. The van der Waals surface area contributed by atoms with Gasteiger partial charge in [0.05, 0.1) is 6.10 Å². The highest BCUT2D eigenvalue weighted by Gasteiger charge is 2.42. The molecule has 3 rings (SSSR count). The lowest BCUT2D eigenvalue weighted by atomic mass is 10.0. The summed E-state index contributed by atoms with van der Waals surface area (Å²) >= 11 is 2.52. The minimum absolute atomic E-state index is 0.126. The van der Waals surface area contributed by atoms with Gasteiger partial charge in [-0.3, -0.25) is 0 Å². The van der Waals surface area contributed by atoms with Crippen molar-refractivity contribution in [3.63, 3.8) is 0 Å². The number of halogens is 1. The third-order valence-electron chi connectivity index (χ3n) is 3.17. The maximum atomic E-state index is 6.33. The maximum absolute atomic E-state index is 6.33. The third kappa shape index (κ3) is 1.96. The standard InChI is InChI=1S/C14H13IOSi/c1-17(15)13-10-6-5-9-12(13)14(16-17)11-7-3-2-4-8-11/h2-10,14H,1H3. The number of benzene rings is 2. The fourth-order valence-electron chi connectivity index (χ4n) is 2.36. The third-order valence-corrected chi connectivity index (χ3v) is 7.77. The molecule has 1 nitrogen and oxygen atoms in total. The van der Waals surface area contributed by atoms with Crippen LogP contribution >= 0.6 is 21.8 Å². The van der Waals surface area contributed by atoms with E-state index in [1.165, 1.54) is 16.3 Å². The van der Waals surface area contributed by atoms with Crippen LogP contribution in [0.4, 0.5) is 0 Å². The monoisotopic (exact) mass is 352 g/mol. The minimum atomic E-state index is -1.74. The Morgan fingerprint density at radius 1 is 1.00 bits per heavy atom. The SMILES string of the molecule is C[Si]1(I)OC(c2ccccc2)c2ccccc21. The van der Waals surface area contributed by atoms with Crippen LogP contribution in [0, 0.1) is 0 Å². The van der Waals surface area contributed by atoms with Crippen LogP contribution in [-0.2, 0) is 4.43 Å². The Bertz CT molecular complexity index is 539. The number of hydrogen-bond donors (Lipinski definition) is 0. The lowest BCUT2D eigenvalue weighted by molar-refractivity contribution is 0.268. The molecule has 0 aromatic heterocycles. The predicted octanol–water partition coefficient (Wildman–Crippen LogP) is 3.52. The Balaban J connectivity index is 2.12. The maximum Gasteiger partial charge on any atom is 0.288 e. The van der Waals surface area contributed by atoms with E-state index in [2.05, 4.69) is 76.9 Å². The summed E-state index contributed by atoms with van der Waals surface area (Å²) in [7, 11) is 0. The van der Waals surface area contributed by atoms with Gasteiger partial charge in [-0.25, -0.2) is 0 Å². The zero-order chi connectivity index (χ0) is 11.9. The quantitative estimate of drug-likeness (QED) is 0.434. The van der Waals surface area contributed by atoms with Crippen LogP contribution < -0.4 is 5.19 Å². The van der Waals surface area contributed by atoms with Crippen LogP contribution in [-0.4, -0.2) is 5.81 Å². The fourth-order valence-corrected chi connectivity index (χ4v) is 6.55. The van der Waals surface area contributed by atoms with Crippen molar-refractivity contribution in [2.45, 2.75) is 12.7 Å². The summed E-state index contributed by atoms with van der Waals surface area (Å²) in [6.07, 6.45) is 0.126. The molecule has 86 valence electrons. The molecule has 2 aromatic rings. The van der Waals surface area contributed by atoms with Gasteiger partial charge < -0.3 is 4.43 Å². The molecular weight excluding hydrogens is 339 g/mol. The van der Waals surface area contributed by atoms with Crippen molar-refractivity contribution in [2.24, 2.45) is 0 Å². The van der Waals surface area contributed by atoms with E-state index < -0.39 is 5.81 Å². The molecule has 0 spiro atoms. The molecule has 0 fully saturated rings. The second kappa shape index (κ2) is 4.22. The van der Waals surface area contributed by atoms with E-state index in [0.29, 0.717) is 0 Å². The van der Waals surface area contributed by atoms with Crippen molar-refractivity contribution in [3.05, 3.63) is 65.7 Å². The summed E-state index contributed by atoms with van der Waals surface area (Å²) < 4.78 is 6.33. The Hall–Kier alpha value is -0.653. The summed E-state index contributed by atoms with van der Waals surface area (Å²) in [5.41, 5.74) is 2.61. The first-order valence-corrected chi connectivity index (χ1v) is 11.2. The Morgan fingerprint density at radius 2 is 1.65 bits per heavy atom. The second-order valence-corrected chi connectivity index (χ2v) is 13.2. The van der Waals surface area contributed by atoms with E-state index >= 15 is 0 Å². The molecule has 0 saturated heterocycles. The van der Waals surface area contributed by atoms with Gasteiger partial charge in [-0.1, -0.05) is 76.4 Å². The molecule has 3 heteroatoms. The summed E-state index contributed by atoms with van der Waals surface area (Å²) in [5.74, 6) is -1.74. The van der Waals surface area contributed by atoms with Crippen molar-refractivity contribution in [3.8, 4) is 0 Å². The normalized spacial score (nSPS) is 26.8. The molecule has 17 heavy (non-hydrogen) atoms. The van der Waals surface area contributed by atoms with Gasteiger partial charge in [-0.15, -0.1) is 0 Å². The molecule has 0 radical (unpaired) electrons. The number of rotatable bonds is 1. The Labute approximate surface area is 115 Å². The molecule has 2 aromatic carbocycles. The largest absolute Gasteiger partial charge is 0.392 e. The summed E-state index contributed by atoms with van der Waals surface area (Å²) in [4.78, 5) is 0. The molecule has 0 bridgehead atoms. The highest BCUT2D eigenvalue weighted by molar-refractivity contribution is 14.1. The second-order valence-electron chi connectivity index (χ2n) is 4.41. The summed E-state index contributed by atoms with van der Waals surface area (Å²) in [6, 6.07) is 19.1. The lowest BCUT2D eigenvalue weighted by Gasteiger charge is -2.16. The first-order chi connectivity index (χ1) is 8.18. The average Bonchev–Trinajstić information content (AvgIpc) is 2.64. The Morgan fingerprint density at radius 3 is 2.41 bits per heavy atom. The van der Waals surface area contributed by atoms with Gasteiger partial charge in [-0.2, -0.15) is 0 Å². The summed E-state index contributed by atoms with van der Waals surface area (Å²) in [5, 5.41) is 1.43. The first-order valence-electron chi connectivity index (χ1n) is 5.69. The zero-order valence-electron chi connectivity index (χ0n) is 9.56. The van der Waals surface area contributed by atoms with Gasteiger partial charge in [0.25, 0.3) is 5.81 Å². The number of fused-ring (bicyclic) bond motifs is 1. The van der Waals surface area contributed by atoms with Gasteiger partial charge in [-0.05, 0) is 22.9 Å². The van der Waals surface area contributed by atoms with E-state index in [1.54, 1.807) is 0 Å². The molecule has 0 saturated carbocycles. The topological polar surface area (TPSA) is 9.23 Å². The zero-order valence-corrected chi connectivity index (χ0v) is 12.7. The smallest absolute Gasteiger partial charge is 0.288 e. The van der Waals surface area contributed by atoms with Crippen LogP contribution in [0.25, 0.3) is 0 Å². The number of hydrogen-bond acceptors (Lipinski definition) is 1. The fraction of sp³-hybridized carbons (Fsp3) is 0.143. The molecule has 1 aliphatic rings. The van der Waals surface area contributed by atoms with Crippen molar-refractivity contribution >= 4 is 32.8 Å². The Kier molecular flexibility index (Phi) is 2.84. The van der Waals surface area contributed by atoms with Crippen LogP contribution in [0.5, 0.6) is 0 Å². The first kappa shape index (κ1) is 11.4. The molecule has 0 amide bonds. The van der Waals surface area contributed by atoms with Gasteiger partial charge >= 0.3 is 0 Å². The predicted molar refractivity (Wildman–Crippen MR) is 81.1 cm³/mol. The van der Waals surface area contributed by atoms with Gasteiger partial charge in [0.15, 0.2) is 0 Å². The van der Waals surface area contributed by atoms with Gasteiger partial charge in [0, 0.05) is 0 Å². The van der Waals surface area contributed by atoms with Crippen molar-refractivity contribution in [1.29, 1.82) is 0 Å².